The third kappa shape index (κ3) is 2.29. The van der Waals surface area contributed by atoms with E-state index < -0.39 is 0 Å². The molecule has 4 aliphatic carbocycles. The molecule has 0 N–H and O–H groups in total. The van der Waals surface area contributed by atoms with Crippen LogP contribution in [0.1, 0.15) is 85.0 Å². The lowest BCUT2D eigenvalue weighted by Gasteiger charge is -2.60. The van der Waals surface area contributed by atoms with Crippen molar-refractivity contribution in [2.75, 3.05) is 0 Å². The minimum absolute atomic E-state index is 0.510. The van der Waals surface area contributed by atoms with Gasteiger partial charge in [0.15, 0.2) is 0 Å². The summed E-state index contributed by atoms with van der Waals surface area (Å²) in [4.78, 5) is 4.61. The molecule has 0 aromatic carbocycles. The highest BCUT2D eigenvalue weighted by Gasteiger charge is 2.59. The molecule has 4 rings (SSSR count). The molecule has 4 saturated carbocycles. The first-order valence-corrected chi connectivity index (χ1v) is 10.7. The quantitative estimate of drug-likeness (QED) is 0.504. The fraction of sp³-hybridized carbons (Fsp3) is 0.870. The van der Waals surface area contributed by atoms with Gasteiger partial charge in [0.25, 0.3) is 0 Å². The maximum atomic E-state index is 4.61. The van der Waals surface area contributed by atoms with Crippen LogP contribution in [0.4, 0.5) is 0 Å². The van der Waals surface area contributed by atoms with Crippen LogP contribution in [-0.2, 0) is 0 Å². The second-order valence-corrected chi connectivity index (χ2v) is 10.0. The number of aliphatic imine (C=N–C) groups is 1. The molecule has 7 unspecified atom stereocenters. The molecule has 0 bridgehead atoms. The van der Waals surface area contributed by atoms with Gasteiger partial charge in [-0.2, -0.15) is 0 Å². The van der Waals surface area contributed by atoms with Crippen LogP contribution in [0, 0.1) is 40.4 Å². The van der Waals surface area contributed by atoms with Crippen molar-refractivity contribution in [1.82, 2.24) is 0 Å². The molecule has 0 radical (unpaired) electrons. The van der Waals surface area contributed by atoms with Crippen LogP contribution >= 0.6 is 0 Å². The van der Waals surface area contributed by atoms with Crippen molar-refractivity contribution in [3.8, 4) is 0 Å². The summed E-state index contributed by atoms with van der Waals surface area (Å²) in [7, 11) is 0. The molecule has 0 heterocycles. The molecule has 4 fully saturated rings. The number of rotatable bonds is 2. The van der Waals surface area contributed by atoms with Crippen molar-refractivity contribution < 1.29 is 0 Å². The van der Waals surface area contributed by atoms with E-state index in [-0.39, 0.29) is 0 Å². The van der Waals surface area contributed by atoms with E-state index in [1.54, 1.807) is 6.20 Å². The fourth-order valence-electron chi connectivity index (χ4n) is 8.22. The van der Waals surface area contributed by atoms with Crippen LogP contribution in [0.2, 0.25) is 0 Å². The SMILES string of the molecule is C=CN=C(C)C1CCC2C3CCC4CCCCC4(C)C3CCC12C. The predicted octanol–water partition coefficient (Wildman–Crippen LogP) is 6.64. The lowest BCUT2D eigenvalue weighted by Crippen LogP contribution is -2.53. The van der Waals surface area contributed by atoms with E-state index in [0.717, 1.165) is 23.7 Å². The third-order valence-electron chi connectivity index (χ3n) is 9.38. The fourth-order valence-corrected chi connectivity index (χ4v) is 8.22. The molecule has 0 saturated heterocycles. The summed E-state index contributed by atoms with van der Waals surface area (Å²) in [5.41, 5.74) is 2.53. The van der Waals surface area contributed by atoms with E-state index in [4.69, 9.17) is 0 Å². The first-order chi connectivity index (χ1) is 11.5. The molecule has 0 spiro atoms. The number of nitrogens with zero attached hydrogens (tertiary/aromatic N) is 1. The molecule has 0 aliphatic heterocycles. The van der Waals surface area contributed by atoms with Crippen molar-refractivity contribution in [3.05, 3.63) is 12.8 Å². The highest BCUT2D eigenvalue weighted by Crippen LogP contribution is 2.67. The van der Waals surface area contributed by atoms with Crippen LogP contribution < -0.4 is 0 Å². The Bertz CT molecular complexity index is 534. The smallest absolute Gasteiger partial charge is 0.0195 e. The average Bonchev–Trinajstić information content (AvgIpc) is 2.92. The maximum absolute atomic E-state index is 4.61. The molecule has 1 heteroatoms. The molecule has 0 amide bonds. The summed E-state index contributed by atoms with van der Waals surface area (Å²) in [6.45, 7) is 11.4. The molecule has 4 aliphatic rings. The monoisotopic (exact) mass is 327 g/mol. The molecule has 24 heavy (non-hydrogen) atoms. The van der Waals surface area contributed by atoms with E-state index in [1.165, 1.54) is 69.9 Å². The van der Waals surface area contributed by atoms with E-state index in [0.29, 0.717) is 16.7 Å². The highest BCUT2D eigenvalue weighted by atomic mass is 14.7. The van der Waals surface area contributed by atoms with E-state index >= 15 is 0 Å². The largest absolute Gasteiger partial charge is 0.266 e. The van der Waals surface area contributed by atoms with E-state index in [9.17, 15) is 0 Å². The van der Waals surface area contributed by atoms with Crippen molar-refractivity contribution in [3.63, 3.8) is 0 Å². The second kappa shape index (κ2) is 5.99. The van der Waals surface area contributed by atoms with Gasteiger partial charge in [-0.3, -0.25) is 4.99 Å². The topological polar surface area (TPSA) is 12.4 Å². The molecule has 134 valence electrons. The van der Waals surface area contributed by atoms with Gasteiger partial charge in [-0.15, -0.1) is 0 Å². The zero-order valence-electron chi connectivity index (χ0n) is 16.2. The predicted molar refractivity (Wildman–Crippen MR) is 103 cm³/mol. The normalized spacial score (nSPS) is 51.5. The van der Waals surface area contributed by atoms with Crippen LogP contribution in [0.25, 0.3) is 0 Å². The Balaban J connectivity index is 1.61. The third-order valence-corrected chi connectivity index (χ3v) is 9.38. The zero-order chi connectivity index (χ0) is 16.9. The number of fused-ring (bicyclic) bond motifs is 5. The minimum Gasteiger partial charge on any atom is -0.266 e. The van der Waals surface area contributed by atoms with Crippen LogP contribution in [0.15, 0.2) is 17.8 Å². The standard InChI is InChI=1S/C23H37N/c1-5-24-16(2)19-11-12-20-18-10-9-17-8-6-7-14-22(17,3)21(18)13-15-23(19,20)4/h5,17-21H,1,6-15H2,2-4H3. The van der Waals surface area contributed by atoms with Gasteiger partial charge >= 0.3 is 0 Å². The summed E-state index contributed by atoms with van der Waals surface area (Å²) in [5, 5.41) is 0. The minimum atomic E-state index is 0.510. The Morgan fingerprint density at radius 1 is 0.917 bits per heavy atom. The van der Waals surface area contributed by atoms with Crippen LogP contribution in [0.3, 0.4) is 0 Å². The van der Waals surface area contributed by atoms with Gasteiger partial charge in [-0.05, 0) is 92.8 Å². The van der Waals surface area contributed by atoms with Gasteiger partial charge in [-0.1, -0.05) is 33.3 Å². The van der Waals surface area contributed by atoms with Gasteiger partial charge in [-0.25, -0.2) is 0 Å². The zero-order valence-corrected chi connectivity index (χ0v) is 16.2. The molecule has 1 nitrogen and oxygen atoms in total. The summed E-state index contributed by atoms with van der Waals surface area (Å²) in [6.07, 6.45) is 16.6. The maximum Gasteiger partial charge on any atom is 0.0195 e. The van der Waals surface area contributed by atoms with Crippen LogP contribution in [0.5, 0.6) is 0 Å². The highest BCUT2D eigenvalue weighted by molar-refractivity contribution is 5.86. The summed E-state index contributed by atoms with van der Waals surface area (Å²) in [5.74, 6) is 4.72. The summed E-state index contributed by atoms with van der Waals surface area (Å²) >= 11 is 0. The number of hydrogen-bond acceptors (Lipinski definition) is 1. The number of hydrogen-bond donors (Lipinski definition) is 0. The molecular formula is C23H37N. The molecule has 7 atom stereocenters. The molecule has 0 aromatic rings. The van der Waals surface area contributed by atoms with Gasteiger partial charge in [0.05, 0.1) is 0 Å². The van der Waals surface area contributed by atoms with Crippen molar-refractivity contribution in [2.24, 2.45) is 45.4 Å². The van der Waals surface area contributed by atoms with Crippen LogP contribution in [-0.4, -0.2) is 5.71 Å². The molecular weight excluding hydrogens is 290 g/mol. The van der Waals surface area contributed by atoms with E-state index in [2.05, 4.69) is 32.3 Å². The lowest BCUT2D eigenvalue weighted by molar-refractivity contribution is -0.106. The first-order valence-electron chi connectivity index (χ1n) is 10.7. The molecule has 0 aromatic heterocycles. The second-order valence-electron chi connectivity index (χ2n) is 10.0. The van der Waals surface area contributed by atoms with Gasteiger partial charge in [0, 0.05) is 17.8 Å². The van der Waals surface area contributed by atoms with Gasteiger partial charge in [0.1, 0.15) is 0 Å². The van der Waals surface area contributed by atoms with E-state index in [1.807, 2.05) is 0 Å². The van der Waals surface area contributed by atoms with Crippen molar-refractivity contribution in [1.29, 1.82) is 0 Å². The Kier molecular flexibility index (Phi) is 4.21. The van der Waals surface area contributed by atoms with Gasteiger partial charge < -0.3 is 0 Å². The lowest BCUT2D eigenvalue weighted by atomic mass is 9.45. The Hall–Kier alpha value is -0.590. The Labute approximate surface area is 149 Å². The summed E-state index contributed by atoms with van der Waals surface area (Å²) in [6, 6.07) is 0. The Morgan fingerprint density at radius 3 is 2.50 bits per heavy atom. The Morgan fingerprint density at radius 2 is 1.71 bits per heavy atom. The summed E-state index contributed by atoms with van der Waals surface area (Å²) < 4.78 is 0. The average molecular weight is 328 g/mol. The van der Waals surface area contributed by atoms with Crippen molar-refractivity contribution >= 4 is 5.71 Å². The first kappa shape index (κ1) is 16.9. The van der Waals surface area contributed by atoms with Gasteiger partial charge in [0.2, 0.25) is 0 Å². The van der Waals surface area contributed by atoms with Crippen molar-refractivity contribution in [2.45, 2.75) is 85.0 Å².